The standard InChI is InChI=1S/C25H23N5O4S/c1-33-21-10-6-18(7-11-21)24-28-29-25(30(24)19-8-12-22(34-2)13-9-19)35-16-23(32)27-26-15-17-4-3-5-20(31)14-17/h3-15H,16H2,1-2H3,(H2,27,31,32)/p+1/b26-15+. The maximum atomic E-state index is 12.4. The van der Waals surface area contributed by atoms with Gasteiger partial charge in [0, 0.05) is 0 Å². The van der Waals surface area contributed by atoms with Crippen LogP contribution in [0.4, 0.5) is 0 Å². The molecule has 0 fully saturated rings. The Morgan fingerprint density at radius 1 is 1.09 bits per heavy atom. The fraction of sp³-hybridized carbons (Fsp3) is 0.120. The van der Waals surface area contributed by atoms with Gasteiger partial charge < -0.3 is 14.6 Å². The second kappa shape index (κ2) is 11.2. The Morgan fingerprint density at radius 3 is 2.43 bits per heavy atom. The molecule has 9 nitrogen and oxygen atoms in total. The number of rotatable bonds is 9. The Labute approximate surface area is 206 Å². The number of benzene rings is 3. The number of phenolic OH excluding ortho intramolecular Hbond substituents is 1. The number of amides is 1. The monoisotopic (exact) mass is 490 g/mol. The zero-order chi connectivity index (χ0) is 24.6. The minimum atomic E-state index is -0.290. The Kier molecular flexibility index (Phi) is 7.63. The van der Waals surface area contributed by atoms with Crippen LogP contribution in [0.2, 0.25) is 0 Å². The van der Waals surface area contributed by atoms with Crippen molar-refractivity contribution >= 4 is 23.9 Å². The van der Waals surface area contributed by atoms with E-state index in [1.807, 2.05) is 53.1 Å². The summed E-state index contributed by atoms with van der Waals surface area (Å²) >= 11 is 1.27. The summed E-state index contributed by atoms with van der Waals surface area (Å²) in [7, 11) is 3.24. The van der Waals surface area contributed by atoms with Crippen LogP contribution in [0.1, 0.15) is 5.56 Å². The average molecular weight is 491 g/mol. The molecule has 4 aromatic rings. The van der Waals surface area contributed by atoms with Crippen LogP contribution >= 0.6 is 11.8 Å². The maximum Gasteiger partial charge on any atom is 0.342 e. The summed E-state index contributed by atoms with van der Waals surface area (Å²) in [6.07, 6.45) is 1.47. The fourth-order valence-electron chi connectivity index (χ4n) is 3.25. The molecule has 3 N–H and O–H groups in total. The van der Waals surface area contributed by atoms with E-state index < -0.39 is 0 Å². The summed E-state index contributed by atoms with van der Waals surface area (Å²) in [6, 6.07) is 21.8. The van der Waals surface area contributed by atoms with Crippen molar-refractivity contribution in [1.29, 1.82) is 0 Å². The van der Waals surface area contributed by atoms with Gasteiger partial charge in [0.15, 0.2) is 0 Å². The van der Waals surface area contributed by atoms with Crippen molar-refractivity contribution in [2.24, 2.45) is 5.10 Å². The molecular formula is C25H24N5O4S+. The lowest BCUT2D eigenvalue weighted by Gasteiger charge is -2.06. The average Bonchev–Trinajstić information content (AvgIpc) is 3.31. The van der Waals surface area contributed by atoms with E-state index in [4.69, 9.17) is 9.47 Å². The molecule has 0 aliphatic carbocycles. The number of nitrogens with one attached hydrogen (secondary N) is 2. The summed E-state index contributed by atoms with van der Waals surface area (Å²) in [5.74, 6) is 2.18. The molecule has 1 heterocycles. The van der Waals surface area contributed by atoms with Gasteiger partial charge in [-0.25, -0.2) is 5.43 Å². The molecule has 10 heteroatoms. The Hall–Kier alpha value is -4.31. The van der Waals surface area contributed by atoms with Crippen LogP contribution < -0.4 is 19.5 Å². The van der Waals surface area contributed by atoms with E-state index in [0.29, 0.717) is 10.7 Å². The first kappa shape index (κ1) is 23.8. The molecule has 0 atom stereocenters. The third-order valence-electron chi connectivity index (χ3n) is 4.97. The van der Waals surface area contributed by atoms with E-state index in [2.05, 4.69) is 20.7 Å². The highest BCUT2D eigenvalue weighted by atomic mass is 32.2. The van der Waals surface area contributed by atoms with Crippen molar-refractivity contribution in [3.8, 4) is 34.3 Å². The Bertz CT molecular complexity index is 1320. The van der Waals surface area contributed by atoms with Gasteiger partial charge in [0.1, 0.15) is 22.9 Å². The number of nitrogens with zero attached hydrogens (tertiary/aromatic N) is 3. The van der Waals surface area contributed by atoms with Gasteiger partial charge in [-0.15, -0.1) is 5.10 Å². The molecule has 1 aromatic heterocycles. The minimum absolute atomic E-state index is 0.0977. The van der Waals surface area contributed by atoms with Crippen LogP contribution in [0.3, 0.4) is 0 Å². The van der Waals surface area contributed by atoms with E-state index in [0.717, 1.165) is 28.6 Å². The quantitative estimate of drug-likeness (QED) is 0.144. The summed E-state index contributed by atoms with van der Waals surface area (Å²) in [5.41, 5.74) is 4.93. The van der Waals surface area contributed by atoms with E-state index in [-0.39, 0.29) is 17.4 Å². The van der Waals surface area contributed by atoms with Crippen molar-refractivity contribution in [2.45, 2.75) is 5.16 Å². The molecule has 0 aliphatic heterocycles. The predicted octanol–water partition coefficient (Wildman–Crippen LogP) is 3.32. The van der Waals surface area contributed by atoms with Gasteiger partial charge in [-0.1, -0.05) is 12.1 Å². The van der Waals surface area contributed by atoms with Crippen LogP contribution in [-0.4, -0.2) is 47.4 Å². The number of aromatic hydroxyl groups is 1. The van der Waals surface area contributed by atoms with Gasteiger partial charge in [-0.3, -0.25) is 4.79 Å². The number of hydrazone groups is 1. The van der Waals surface area contributed by atoms with E-state index >= 15 is 0 Å². The topological polar surface area (TPSA) is 113 Å². The van der Waals surface area contributed by atoms with Gasteiger partial charge in [0.05, 0.1) is 36.8 Å². The summed E-state index contributed by atoms with van der Waals surface area (Å²) in [5, 5.41) is 21.6. The highest BCUT2D eigenvalue weighted by Gasteiger charge is 2.24. The molecular weight excluding hydrogens is 466 g/mol. The number of hydrogen-bond acceptors (Lipinski definition) is 7. The number of phenols is 1. The molecule has 0 unspecified atom stereocenters. The summed E-state index contributed by atoms with van der Waals surface area (Å²) < 4.78 is 12.5. The smallest absolute Gasteiger partial charge is 0.342 e. The third-order valence-corrected chi connectivity index (χ3v) is 5.91. The molecule has 35 heavy (non-hydrogen) atoms. The van der Waals surface area contributed by atoms with Gasteiger partial charge in [-0.05, 0) is 78.0 Å². The van der Waals surface area contributed by atoms with Crippen LogP contribution in [0, 0.1) is 0 Å². The molecule has 0 bridgehead atoms. The first-order valence-electron chi connectivity index (χ1n) is 10.6. The number of aromatic nitrogens is 3. The maximum absolute atomic E-state index is 12.4. The molecule has 0 radical (unpaired) electrons. The van der Waals surface area contributed by atoms with Gasteiger partial charge in [0.2, 0.25) is 0 Å². The van der Waals surface area contributed by atoms with Crippen LogP contribution in [0.25, 0.3) is 17.1 Å². The van der Waals surface area contributed by atoms with E-state index in [1.165, 1.54) is 18.0 Å². The summed E-state index contributed by atoms with van der Waals surface area (Å²) in [4.78, 5) is 12.4. The van der Waals surface area contributed by atoms with Crippen LogP contribution in [0.5, 0.6) is 17.2 Å². The summed E-state index contributed by atoms with van der Waals surface area (Å²) in [6.45, 7) is 0. The molecule has 0 saturated heterocycles. The number of thioether (sulfide) groups is 1. The number of hydrogen-bond donors (Lipinski definition) is 3. The molecule has 0 spiro atoms. The lowest BCUT2D eigenvalue weighted by molar-refractivity contribution is -0.625. The second-order valence-corrected chi connectivity index (χ2v) is 8.24. The number of carbonyl (C=O) groups is 1. The Morgan fingerprint density at radius 2 is 1.77 bits per heavy atom. The number of carbonyl (C=O) groups excluding carboxylic acids is 1. The molecule has 3 aromatic carbocycles. The zero-order valence-electron chi connectivity index (χ0n) is 19.1. The van der Waals surface area contributed by atoms with Gasteiger partial charge >= 0.3 is 5.16 Å². The molecule has 1 amide bonds. The number of methoxy groups -OCH3 is 2. The Balaban J connectivity index is 1.53. The van der Waals surface area contributed by atoms with Crippen molar-refractivity contribution in [3.05, 3.63) is 78.4 Å². The van der Waals surface area contributed by atoms with Crippen molar-refractivity contribution < 1.29 is 23.9 Å². The minimum Gasteiger partial charge on any atom is -0.508 e. The SMILES string of the molecule is COc1ccc(-c2[nH]nc(SCC(=O)N/N=C/c3cccc(O)c3)[n+]2-c2ccc(OC)cc2)cc1. The highest BCUT2D eigenvalue weighted by molar-refractivity contribution is 7.99. The van der Waals surface area contributed by atoms with Crippen LogP contribution in [-0.2, 0) is 4.79 Å². The molecule has 0 aliphatic rings. The lowest BCUT2D eigenvalue weighted by atomic mass is 10.2. The lowest BCUT2D eigenvalue weighted by Crippen LogP contribution is -2.34. The fourth-order valence-corrected chi connectivity index (χ4v) is 4.01. The highest BCUT2D eigenvalue weighted by Crippen LogP contribution is 2.23. The van der Waals surface area contributed by atoms with Crippen molar-refractivity contribution in [2.75, 3.05) is 20.0 Å². The van der Waals surface area contributed by atoms with Gasteiger partial charge in [-0.2, -0.15) is 9.67 Å². The molecule has 178 valence electrons. The number of H-pyrrole nitrogens is 1. The largest absolute Gasteiger partial charge is 0.508 e. The molecule has 0 saturated carbocycles. The van der Waals surface area contributed by atoms with Crippen molar-refractivity contribution in [3.63, 3.8) is 0 Å². The predicted molar refractivity (Wildman–Crippen MR) is 133 cm³/mol. The van der Waals surface area contributed by atoms with Crippen LogP contribution in [0.15, 0.2) is 83.1 Å². The van der Waals surface area contributed by atoms with E-state index in [9.17, 15) is 9.90 Å². The zero-order valence-corrected chi connectivity index (χ0v) is 20.0. The first-order chi connectivity index (χ1) is 17.1. The number of aromatic amines is 1. The first-order valence-corrected chi connectivity index (χ1v) is 11.6. The normalized spacial score (nSPS) is 10.9. The third kappa shape index (κ3) is 5.98. The second-order valence-electron chi connectivity index (χ2n) is 7.29. The molecule has 4 rings (SSSR count). The van der Waals surface area contributed by atoms with Gasteiger partial charge in [0.25, 0.3) is 11.7 Å². The van der Waals surface area contributed by atoms with E-state index in [1.54, 1.807) is 38.5 Å². The van der Waals surface area contributed by atoms with Crippen molar-refractivity contribution in [1.82, 2.24) is 15.6 Å². The number of ether oxygens (including phenoxy) is 2.